The van der Waals surface area contributed by atoms with Gasteiger partial charge in [-0.15, -0.1) is 0 Å². The molecule has 106 valence electrons. The summed E-state index contributed by atoms with van der Waals surface area (Å²) in [7, 11) is 0. The number of hydrogen-bond donors (Lipinski definition) is 1. The molecule has 0 bridgehead atoms. The van der Waals surface area contributed by atoms with E-state index in [9.17, 15) is 0 Å². The molecule has 0 unspecified atom stereocenters. The molecule has 19 heavy (non-hydrogen) atoms. The van der Waals surface area contributed by atoms with Crippen LogP contribution in [0.3, 0.4) is 0 Å². The van der Waals surface area contributed by atoms with Gasteiger partial charge in [-0.05, 0) is 39.3 Å². The van der Waals surface area contributed by atoms with E-state index < -0.39 is 0 Å². The molecular formula is C15H26N4. The average Bonchev–Trinajstić information content (AvgIpc) is 2.64. The van der Waals surface area contributed by atoms with Crippen molar-refractivity contribution in [3.63, 3.8) is 0 Å². The minimum atomic E-state index is 0.272. The van der Waals surface area contributed by atoms with Gasteiger partial charge in [-0.2, -0.15) is 0 Å². The Bertz CT molecular complexity index is 384. The summed E-state index contributed by atoms with van der Waals surface area (Å²) in [5.41, 5.74) is 2.33. The summed E-state index contributed by atoms with van der Waals surface area (Å²) in [4.78, 5) is 11.3. The minimum Gasteiger partial charge on any atom is -0.310 e. The standard InChI is InChI=1S/C15H26N4/c1-4-15(5-2)12-19(8-6-7-18-15)11-14-10-16-13(3)9-17-14/h9-10,18H,4-8,11-12H2,1-3H3. The van der Waals surface area contributed by atoms with Crippen molar-refractivity contribution in [2.75, 3.05) is 19.6 Å². The van der Waals surface area contributed by atoms with Crippen molar-refractivity contribution in [1.82, 2.24) is 20.2 Å². The first kappa shape index (κ1) is 14.4. The summed E-state index contributed by atoms with van der Waals surface area (Å²) in [6.07, 6.45) is 7.34. The van der Waals surface area contributed by atoms with Gasteiger partial charge in [0.25, 0.3) is 0 Å². The molecule has 0 radical (unpaired) electrons. The maximum Gasteiger partial charge on any atom is 0.0727 e. The second-order valence-electron chi connectivity index (χ2n) is 5.63. The van der Waals surface area contributed by atoms with Gasteiger partial charge in [0.2, 0.25) is 0 Å². The number of nitrogens with one attached hydrogen (secondary N) is 1. The van der Waals surface area contributed by atoms with Crippen molar-refractivity contribution in [3.8, 4) is 0 Å². The first-order valence-corrected chi connectivity index (χ1v) is 7.42. The molecule has 4 heteroatoms. The van der Waals surface area contributed by atoms with E-state index in [1.807, 2.05) is 19.3 Å². The Labute approximate surface area is 116 Å². The van der Waals surface area contributed by atoms with Crippen LogP contribution in [0.15, 0.2) is 12.4 Å². The maximum atomic E-state index is 4.48. The van der Waals surface area contributed by atoms with Crippen molar-refractivity contribution in [2.45, 2.75) is 52.1 Å². The largest absolute Gasteiger partial charge is 0.310 e. The summed E-state index contributed by atoms with van der Waals surface area (Å²) < 4.78 is 0. The predicted molar refractivity (Wildman–Crippen MR) is 78.0 cm³/mol. The molecule has 1 aliphatic rings. The molecule has 0 aromatic carbocycles. The normalized spacial score (nSPS) is 20.2. The van der Waals surface area contributed by atoms with Crippen LogP contribution in [0.1, 0.15) is 44.5 Å². The zero-order valence-electron chi connectivity index (χ0n) is 12.4. The molecular weight excluding hydrogens is 236 g/mol. The van der Waals surface area contributed by atoms with Crippen molar-refractivity contribution in [1.29, 1.82) is 0 Å². The number of aryl methyl sites for hydroxylation is 1. The molecule has 1 aliphatic heterocycles. The van der Waals surface area contributed by atoms with E-state index in [1.54, 1.807) is 0 Å². The highest BCUT2D eigenvalue weighted by Crippen LogP contribution is 2.20. The van der Waals surface area contributed by atoms with Crippen molar-refractivity contribution < 1.29 is 0 Å². The Morgan fingerprint density at radius 1 is 1.26 bits per heavy atom. The lowest BCUT2D eigenvalue weighted by Gasteiger charge is -2.35. The number of nitrogens with zero attached hydrogens (tertiary/aromatic N) is 3. The fraction of sp³-hybridized carbons (Fsp3) is 0.733. The Hall–Kier alpha value is -1.00. The van der Waals surface area contributed by atoms with Crippen LogP contribution in [-0.4, -0.2) is 40.0 Å². The van der Waals surface area contributed by atoms with Gasteiger partial charge < -0.3 is 5.32 Å². The molecule has 0 amide bonds. The highest BCUT2D eigenvalue weighted by molar-refractivity contribution is 5.01. The molecule has 1 fully saturated rings. The maximum absolute atomic E-state index is 4.48. The molecule has 2 heterocycles. The van der Waals surface area contributed by atoms with Crippen LogP contribution in [-0.2, 0) is 6.54 Å². The molecule has 1 aromatic rings. The molecule has 2 rings (SSSR count). The van der Waals surface area contributed by atoms with Crippen LogP contribution in [0.4, 0.5) is 0 Å². The van der Waals surface area contributed by atoms with Gasteiger partial charge in [0.1, 0.15) is 0 Å². The Balaban J connectivity index is 2.04. The van der Waals surface area contributed by atoms with Gasteiger partial charge >= 0.3 is 0 Å². The minimum absolute atomic E-state index is 0.272. The van der Waals surface area contributed by atoms with Gasteiger partial charge in [0.15, 0.2) is 0 Å². The van der Waals surface area contributed by atoms with E-state index in [0.29, 0.717) is 0 Å². The molecule has 0 spiro atoms. The number of hydrogen-bond acceptors (Lipinski definition) is 4. The third-order valence-corrected chi connectivity index (χ3v) is 4.25. The lowest BCUT2D eigenvalue weighted by molar-refractivity contribution is 0.189. The lowest BCUT2D eigenvalue weighted by atomic mass is 9.92. The highest BCUT2D eigenvalue weighted by atomic mass is 15.2. The monoisotopic (exact) mass is 262 g/mol. The van der Waals surface area contributed by atoms with E-state index in [0.717, 1.165) is 37.6 Å². The SMILES string of the molecule is CCC1(CC)CN(Cc2cnc(C)cn2)CCCN1. The Morgan fingerprint density at radius 3 is 2.68 bits per heavy atom. The van der Waals surface area contributed by atoms with Gasteiger partial charge in [0, 0.05) is 31.0 Å². The summed E-state index contributed by atoms with van der Waals surface area (Å²) in [6, 6.07) is 0. The predicted octanol–water partition coefficient (Wildman–Crippen LogP) is 2.14. The van der Waals surface area contributed by atoms with Crippen LogP contribution in [0.25, 0.3) is 0 Å². The molecule has 1 aromatic heterocycles. The van der Waals surface area contributed by atoms with Crippen LogP contribution in [0.2, 0.25) is 0 Å². The first-order valence-electron chi connectivity index (χ1n) is 7.42. The van der Waals surface area contributed by atoms with Crippen molar-refractivity contribution >= 4 is 0 Å². The van der Waals surface area contributed by atoms with Crippen molar-refractivity contribution in [3.05, 3.63) is 23.8 Å². The van der Waals surface area contributed by atoms with Gasteiger partial charge in [-0.25, -0.2) is 0 Å². The zero-order valence-corrected chi connectivity index (χ0v) is 12.4. The Morgan fingerprint density at radius 2 is 2.05 bits per heavy atom. The number of aromatic nitrogens is 2. The van der Waals surface area contributed by atoms with Crippen molar-refractivity contribution in [2.24, 2.45) is 0 Å². The third kappa shape index (κ3) is 3.74. The fourth-order valence-electron chi connectivity index (χ4n) is 2.81. The van der Waals surface area contributed by atoms with E-state index in [-0.39, 0.29) is 5.54 Å². The van der Waals surface area contributed by atoms with Crippen LogP contribution in [0.5, 0.6) is 0 Å². The molecule has 1 N–H and O–H groups in total. The van der Waals surface area contributed by atoms with Crippen LogP contribution >= 0.6 is 0 Å². The highest BCUT2D eigenvalue weighted by Gasteiger charge is 2.30. The summed E-state index contributed by atoms with van der Waals surface area (Å²) in [5, 5.41) is 3.74. The van der Waals surface area contributed by atoms with Crippen LogP contribution < -0.4 is 5.32 Å². The third-order valence-electron chi connectivity index (χ3n) is 4.25. The van der Waals surface area contributed by atoms with E-state index >= 15 is 0 Å². The first-order chi connectivity index (χ1) is 9.17. The van der Waals surface area contributed by atoms with E-state index in [1.165, 1.54) is 19.3 Å². The topological polar surface area (TPSA) is 41.1 Å². The smallest absolute Gasteiger partial charge is 0.0727 e. The number of rotatable bonds is 4. The molecule has 4 nitrogen and oxygen atoms in total. The second kappa shape index (κ2) is 6.44. The Kier molecular flexibility index (Phi) is 4.88. The van der Waals surface area contributed by atoms with E-state index in [2.05, 4.69) is 34.0 Å². The molecule has 0 saturated carbocycles. The summed E-state index contributed by atoms with van der Waals surface area (Å²) in [5.74, 6) is 0. The van der Waals surface area contributed by atoms with Gasteiger partial charge in [-0.1, -0.05) is 13.8 Å². The average molecular weight is 262 g/mol. The van der Waals surface area contributed by atoms with E-state index in [4.69, 9.17) is 0 Å². The van der Waals surface area contributed by atoms with Gasteiger partial charge in [0.05, 0.1) is 11.4 Å². The fourth-order valence-corrected chi connectivity index (χ4v) is 2.81. The summed E-state index contributed by atoms with van der Waals surface area (Å²) >= 11 is 0. The quantitative estimate of drug-likeness (QED) is 0.902. The zero-order chi connectivity index (χ0) is 13.7. The molecule has 0 atom stereocenters. The molecule has 0 aliphatic carbocycles. The van der Waals surface area contributed by atoms with Crippen LogP contribution in [0, 0.1) is 6.92 Å². The second-order valence-corrected chi connectivity index (χ2v) is 5.63. The molecule has 1 saturated heterocycles. The van der Waals surface area contributed by atoms with Gasteiger partial charge in [-0.3, -0.25) is 14.9 Å². The lowest BCUT2D eigenvalue weighted by Crippen LogP contribution is -2.50. The summed E-state index contributed by atoms with van der Waals surface area (Å²) in [6.45, 7) is 10.8.